The molecule has 0 aromatic heterocycles. The normalized spacial score (nSPS) is 27.0. The maximum Gasteiger partial charge on any atom is 0.0109 e. The lowest BCUT2D eigenvalue weighted by atomic mass is 10.1. The molecular formula is C10H19N2. The highest BCUT2D eigenvalue weighted by Gasteiger charge is 2.15. The van der Waals surface area contributed by atoms with E-state index in [0.717, 1.165) is 0 Å². The molecule has 0 spiro atoms. The first-order valence-corrected chi connectivity index (χ1v) is 5.21. The molecule has 0 aromatic rings. The van der Waals surface area contributed by atoms with Crippen LogP contribution in [0, 0.1) is 6.42 Å². The molecule has 0 aliphatic carbocycles. The molecule has 0 atom stereocenters. The van der Waals surface area contributed by atoms with Crippen molar-refractivity contribution >= 4 is 0 Å². The van der Waals surface area contributed by atoms with Gasteiger partial charge in [-0.15, -0.1) is 0 Å². The summed E-state index contributed by atoms with van der Waals surface area (Å²) < 4.78 is 0. The molecule has 2 heteroatoms. The molecule has 0 N–H and O–H groups in total. The average Bonchev–Trinajstić information content (AvgIpc) is 2.04. The van der Waals surface area contributed by atoms with Gasteiger partial charge in [0.15, 0.2) is 0 Å². The minimum atomic E-state index is 1.30. The van der Waals surface area contributed by atoms with Gasteiger partial charge >= 0.3 is 0 Å². The van der Waals surface area contributed by atoms with Crippen molar-refractivity contribution in [3.05, 3.63) is 6.42 Å². The van der Waals surface area contributed by atoms with Crippen molar-refractivity contribution in [3.8, 4) is 0 Å². The Hall–Kier alpha value is -0.0800. The number of piperidine rings is 1. The van der Waals surface area contributed by atoms with Crippen LogP contribution in [-0.4, -0.2) is 49.1 Å². The summed E-state index contributed by atoms with van der Waals surface area (Å²) in [4.78, 5) is 5.15. The first-order valence-electron chi connectivity index (χ1n) is 5.21. The molecule has 2 aliphatic heterocycles. The molecule has 0 bridgehead atoms. The lowest BCUT2D eigenvalue weighted by molar-refractivity contribution is 0.144. The van der Waals surface area contributed by atoms with Crippen LogP contribution in [0.4, 0.5) is 0 Å². The summed E-state index contributed by atoms with van der Waals surface area (Å²) in [6, 6.07) is 0. The van der Waals surface area contributed by atoms with Gasteiger partial charge in [-0.3, -0.25) is 0 Å². The summed E-state index contributed by atoms with van der Waals surface area (Å²) >= 11 is 0. The fourth-order valence-corrected chi connectivity index (χ4v) is 1.92. The topological polar surface area (TPSA) is 6.48 Å². The molecule has 69 valence electrons. The van der Waals surface area contributed by atoms with Crippen molar-refractivity contribution in [1.82, 2.24) is 9.80 Å². The van der Waals surface area contributed by atoms with E-state index in [4.69, 9.17) is 0 Å². The Kier molecular flexibility index (Phi) is 3.01. The predicted molar refractivity (Wildman–Crippen MR) is 51.0 cm³/mol. The molecule has 2 nitrogen and oxygen atoms in total. The predicted octanol–water partition coefficient (Wildman–Crippen LogP) is 0.992. The fraction of sp³-hybridized carbons (Fsp3) is 0.900. The zero-order valence-electron chi connectivity index (χ0n) is 7.84. The first-order chi connectivity index (χ1) is 5.95. The van der Waals surface area contributed by atoms with Crippen molar-refractivity contribution in [2.75, 3.05) is 39.3 Å². The summed E-state index contributed by atoms with van der Waals surface area (Å²) in [5.41, 5.74) is 0. The van der Waals surface area contributed by atoms with Crippen LogP contribution in [0.25, 0.3) is 0 Å². The van der Waals surface area contributed by atoms with E-state index in [9.17, 15) is 0 Å². The van der Waals surface area contributed by atoms with Gasteiger partial charge < -0.3 is 9.80 Å². The van der Waals surface area contributed by atoms with Gasteiger partial charge in [0.25, 0.3) is 0 Å². The number of likely N-dealkylation sites (tertiary alicyclic amines) is 2. The fourth-order valence-electron chi connectivity index (χ4n) is 1.92. The Morgan fingerprint density at radius 1 is 0.833 bits per heavy atom. The zero-order valence-corrected chi connectivity index (χ0v) is 7.84. The average molecular weight is 167 g/mol. The monoisotopic (exact) mass is 167 g/mol. The van der Waals surface area contributed by atoms with Crippen LogP contribution in [0.5, 0.6) is 0 Å². The highest BCUT2D eigenvalue weighted by molar-refractivity contribution is 4.78. The van der Waals surface area contributed by atoms with E-state index in [0.29, 0.717) is 0 Å². The lowest BCUT2D eigenvalue weighted by Crippen LogP contribution is -2.43. The molecule has 12 heavy (non-hydrogen) atoms. The Balaban J connectivity index is 1.58. The Morgan fingerprint density at radius 2 is 1.42 bits per heavy atom. The summed E-state index contributed by atoms with van der Waals surface area (Å²) in [6.45, 7) is 7.90. The first kappa shape index (κ1) is 8.52. The van der Waals surface area contributed by atoms with Crippen molar-refractivity contribution in [3.63, 3.8) is 0 Å². The Morgan fingerprint density at radius 3 is 1.92 bits per heavy atom. The van der Waals surface area contributed by atoms with Crippen LogP contribution in [0.2, 0.25) is 0 Å². The summed E-state index contributed by atoms with van der Waals surface area (Å²) in [5, 5.41) is 0. The maximum atomic E-state index is 2.60. The third-order valence-electron chi connectivity index (χ3n) is 2.98. The molecule has 2 aliphatic rings. The summed E-state index contributed by atoms with van der Waals surface area (Å²) in [6.07, 6.45) is 6.45. The van der Waals surface area contributed by atoms with Crippen molar-refractivity contribution < 1.29 is 0 Å². The third kappa shape index (κ3) is 2.20. The summed E-state index contributed by atoms with van der Waals surface area (Å²) in [7, 11) is 0. The SMILES string of the molecule is [CH]1CCN(CCN2CCC2)CC1. The molecule has 2 fully saturated rings. The Bertz CT molecular complexity index is 126. The van der Waals surface area contributed by atoms with Crippen molar-refractivity contribution in [1.29, 1.82) is 0 Å². The third-order valence-corrected chi connectivity index (χ3v) is 2.98. The van der Waals surface area contributed by atoms with Crippen LogP contribution >= 0.6 is 0 Å². The molecule has 0 unspecified atom stereocenters. The quantitative estimate of drug-likeness (QED) is 0.618. The van der Waals surface area contributed by atoms with E-state index < -0.39 is 0 Å². The Labute approximate surface area is 75.5 Å². The molecule has 0 amide bonds. The maximum absolute atomic E-state index is 2.60. The second kappa shape index (κ2) is 4.24. The van der Waals surface area contributed by atoms with E-state index in [1.54, 1.807) is 0 Å². The molecule has 2 rings (SSSR count). The van der Waals surface area contributed by atoms with Crippen LogP contribution in [0.1, 0.15) is 19.3 Å². The molecule has 1 radical (unpaired) electrons. The van der Waals surface area contributed by atoms with Gasteiger partial charge in [0.05, 0.1) is 0 Å². The lowest BCUT2D eigenvalue weighted by Gasteiger charge is -2.34. The summed E-state index contributed by atoms with van der Waals surface area (Å²) in [5.74, 6) is 0. The molecule has 2 saturated heterocycles. The minimum absolute atomic E-state index is 1.30. The van der Waals surface area contributed by atoms with Gasteiger partial charge in [-0.25, -0.2) is 0 Å². The van der Waals surface area contributed by atoms with Gasteiger partial charge in [-0.2, -0.15) is 0 Å². The van der Waals surface area contributed by atoms with Crippen LogP contribution in [0.15, 0.2) is 0 Å². The van der Waals surface area contributed by atoms with Crippen molar-refractivity contribution in [2.45, 2.75) is 19.3 Å². The van der Waals surface area contributed by atoms with E-state index in [1.165, 1.54) is 58.5 Å². The second-order valence-corrected chi connectivity index (χ2v) is 3.90. The van der Waals surface area contributed by atoms with Gasteiger partial charge in [0.1, 0.15) is 0 Å². The highest BCUT2D eigenvalue weighted by atomic mass is 15.2. The van der Waals surface area contributed by atoms with Crippen LogP contribution in [-0.2, 0) is 0 Å². The smallest absolute Gasteiger partial charge is 0.0109 e. The number of rotatable bonds is 3. The van der Waals surface area contributed by atoms with Crippen LogP contribution < -0.4 is 0 Å². The minimum Gasteiger partial charge on any atom is -0.302 e. The molecule has 0 aromatic carbocycles. The number of hydrogen-bond donors (Lipinski definition) is 0. The van der Waals surface area contributed by atoms with E-state index in [1.807, 2.05) is 0 Å². The highest BCUT2D eigenvalue weighted by Crippen LogP contribution is 2.09. The van der Waals surface area contributed by atoms with Gasteiger partial charge in [-0.05, 0) is 51.9 Å². The standard InChI is InChI=1S/C10H19N2/c1-2-5-11(6-3-1)9-10-12-7-4-8-12/h1H,2-10H2. The molecule has 2 heterocycles. The number of hydrogen-bond acceptors (Lipinski definition) is 2. The van der Waals surface area contributed by atoms with Gasteiger partial charge in [0.2, 0.25) is 0 Å². The number of nitrogens with zero attached hydrogens (tertiary/aromatic N) is 2. The van der Waals surface area contributed by atoms with Crippen LogP contribution in [0.3, 0.4) is 0 Å². The van der Waals surface area contributed by atoms with Crippen molar-refractivity contribution in [2.24, 2.45) is 0 Å². The largest absolute Gasteiger partial charge is 0.302 e. The van der Waals surface area contributed by atoms with Gasteiger partial charge in [0, 0.05) is 13.1 Å². The van der Waals surface area contributed by atoms with E-state index in [2.05, 4.69) is 16.2 Å². The zero-order chi connectivity index (χ0) is 8.23. The second-order valence-electron chi connectivity index (χ2n) is 3.90. The van der Waals surface area contributed by atoms with Gasteiger partial charge in [-0.1, -0.05) is 0 Å². The molecule has 0 saturated carbocycles. The van der Waals surface area contributed by atoms with E-state index in [-0.39, 0.29) is 0 Å². The van der Waals surface area contributed by atoms with E-state index >= 15 is 0 Å². The molecular weight excluding hydrogens is 148 g/mol.